The number of aliphatic imine (C=N–C) groups is 1. The molecule has 2 N–H and O–H groups in total. The van der Waals surface area contributed by atoms with Gasteiger partial charge in [-0.2, -0.15) is 0 Å². The van der Waals surface area contributed by atoms with Gasteiger partial charge in [-0.1, -0.05) is 15.9 Å². The number of nitrogens with zero attached hydrogens (tertiary/aromatic N) is 5. The van der Waals surface area contributed by atoms with Gasteiger partial charge in [0.05, 0.1) is 6.54 Å². The van der Waals surface area contributed by atoms with E-state index in [1.807, 2.05) is 7.05 Å². The molecule has 1 fully saturated rings. The predicted octanol–water partition coefficient (Wildman–Crippen LogP) is 2.32. The van der Waals surface area contributed by atoms with E-state index in [4.69, 9.17) is 0 Å². The van der Waals surface area contributed by atoms with Crippen LogP contribution in [0.25, 0.3) is 0 Å². The molecule has 1 atom stereocenters. The summed E-state index contributed by atoms with van der Waals surface area (Å²) in [6, 6.07) is 8.89. The molecule has 7 nitrogen and oxygen atoms in total. The summed E-state index contributed by atoms with van der Waals surface area (Å²) in [7, 11) is 1.82. The number of guanidine groups is 1. The number of halogens is 1. The number of anilines is 1. The Hall–Kier alpha value is -2.09. The molecule has 1 aromatic carbocycles. The van der Waals surface area contributed by atoms with Crippen molar-refractivity contribution in [2.75, 3.05) is 25.0 Å². The Morgan fingerprint density at radius 3 is 2.89 bits per heavy atom. The zero-order valence-electron chi connectivity index (χ0n) is 15.7. The molecular weight excluding hydrogens is 406 g/mol. The fourth-order valence-corrected chi connectivity index (χ4v) is 4.08. The third-order valence-corrected chi connectivity index (χ3v) is 5.82. The number of fused-ring (bicyclic) bond motifs is 1. The summed E-state index contributed by atoms with van der Waals surface area (Å²) in [5.41, 5.74) is 1.26. The summed E-state index contributed by atoms with van der Waals surface area (Å²) in [5, 5.41) is 15.6. The summed E-state index contributed by atoms with van der Waals surface area (Å²) in [6.07, 6.45) is 4.55. The molecule has 0 bridgehead atoms. The molecule has 2 aliphatic rings. The summed E-state index contributed by atoms with van der Waals surface area (Å²) in [6.45, 7) is 3.70. The van der Waals surface area contributed by atoms with Crippen LogP contribution in [0.15, 0.2) is 33.7 Å². The molecule has 3 heterocycles. The highest BCUT2D eigenvalue weighted by Crippen LogP contribution is 2.22. The number of hydrogen-bond acceptors (Lipinski definition) is 4. The van der Waals surface area contributed by atoms with Crippen LogP contribution in [0.3, 0.4) is 0 Å². The van der Waals surface area contributed by atoms with Crippen molar-refractivity contribution >= 4 is 27.6 Å². The third kappa shape index (κ3) is 4.26. The van der Waals surface area contributed by atoms with Crippen LogP contribution in [0.1, 0.15) is 30.9 Å². The molecule has 0 amide bonds. The lowest BCUT2D eigenvalue weighted by Crippen LogP contribution is -2.44. The minimum Gasteiger partial charge on any atom is -0.369 e. The zero-order valence-corrected chi connectivity index (χ0v) is 17.2. The number of benzene rings is 1. The normalized spacial score (nSPS) is 19.9. The van der Waals surface area contributed by atoms with Crippen molar-refractivity contribution in [3.8, 4) is 0 Å². The van der Waals surface area contributed by atoms with Gasteiger partial charge in [-0.25, -0.2) is 0 Å². The maximum atomic E-state index is 4.38. The predicted molar refractivity (Wildman–Crippen MR) is 111 cm³/mol. The van der Waals surface area contributed by atoms with Gasteiger partial charge in [0.1, 0.15) is 5.82 Å². The van der Waals surface area contributed by atoms with E-state index in [-0.39, 0.29) is 0 Å². The van der Waals surface area contributed by atoms with Gasteiger partial charge in [0.25, 0.3) is 0 Å². The van der Waals surface area contributed by atoms with Crippen LogP contribution in [0.5, 0.6) is 0 Å². The average Bonchev–Trinajstić information content (AvgIpc) is 3.33. The first kappa shape index (κ1) is 18.3. The van der Waals surface area contributed by atoms with E-state index in [1.165, 1.54) is 18.5 Å². The van der Waals surface area contributed by atoms with E-state index in [2.05, 4.69) is 75.5 Å². The van der Waals surface area contributed by atoms with Crippen molar-refractivity contribution in [1.29, 1.82) is 0 Å². The van der Waals surface area contributed by atoms with Crippen LogP contribution in [0.4, 0.5) is 5.69 Å². The van der Waals surface area contributed by atoms with Gasteiger partial charge < -0.3 is 20.1 Å². The minimum atomic E-state index is 0.382. The highest BCUT2D eigenvalue weighted by atomic mass is 79.9. The van der Waals surface area contributed by atoms with Gasteiger partial charge in [-0.05, 0) is 43.5 Å². The first-order valence-electron chi connectivity index (χ1n) is 9.61. The summed E-state index contributed by atoms with van der Waals surface area (Å²) >= 11 is 3.50. The summed E-state index contributed by atoms with van der Waals surface area (Å²) < 4.78 is 3.36. The first-order chi connectivity index (χ1) is 13.2. The summed E-state index contributed by atoms with van der Waals surface area (Å²) in [4.78, 5) is 6.79. The standard InChI is InChI=1S/C19H26BrN7/c1-21-19(22-12-18-25-24-17-4-2-3-10-27(17)18)23-15-9-11-26(13-15)16-7-5-14(20)6-8-16/h5-8,15H,2-4,9-13H2,1H3,(H2,21,22,23). The van der Waals surface area contributed by atoms with E-state index < -0.39 is 0 Å². The molecule has 0 aliphatic carbocycles. The van der Waals surface area contributed by atoms with Gasteiger partial charge in [-0.15, -0.1) is 10.2 Å². The molecule has 2 aromatic rings. The van der Waals surface area contributed by atoms with Crippen molar-refractivity contribution in [2.45, 2.75) is 44.8 Å². The molecule has 0 saturated carbocycles. The molecule has 0 spiro atoms. The Kier molecular flexibility index (Phi) is 5.61. The SMILES string of the molecule is CN=C(NCc1nnc2n1CCCC2)NC1CCN(c2ccc(Br)cc2)C1. The molecule has 2 aliphatic heterocycles. The number of aromatic nitrogens is 3. The molecule has 144 valence electrons. The molecule has 1 aromatic heterocycles. The lowest BCUT2D eigenvalue weighted by molar-refractivity contribution is 0.504. The first-order valence-corrected chi connectivity index (χ1v) is 10.4. The topological polar surface area (TPSA) is 70.4 Å². The molecular formula is C19H26BrN7. The Morgan fingerprint density at radius 1 is 1.22 bits per heavy atom. The molecule has 27 heavy (non-hydrogen) atoms. The van der Waals surface area contributed by atoms with Crippen LogP contribution < -0.4 is 15.5 Å². The van der Waals surface area contributed by atoms with Crippen molar-refractivity contribution in [2.24, 2.45) is 4.99 Å². The van der Waals surface area contributed by atoms with Gasteiger partial charge in [0.2, 0.25) is 0 Å². The van der Waals surface area contributed by atoms with Gasteiger partial charge in [0.15, 0.2) is 11.8 Å². The quantitative estimate of drug-likeness (QED) is 0.574. The second kappa shape index (κ2) is 8.29. The van der Waals surface area contributed by atoms with Crippen molar-refractivity contribution < 1.29 is 0 Å². The largest absolute Gasteiger partial charge is 0.369 e. The van der Waals surface area contributed by atoms with Gasteiger partial charge >= 0.3 is 0 Å². The van der Waals surface area contributed by atoms with Crippen LogP contribution in [0.2, 0.25) is 0 Å². The molecule has 0 radical (unpaired) electrons. The molecule has 1 unspecified atom stereocenters. The number of nitrogens with one attached hydrogen (secondary N) is 2. The summed E-state index contributed by atoms with van der Waals surface area (Å²) in [5.74, 6) is 2.93. The van der Waals surface area contributed by atoms with Crippen LogP contribution in [0, 0.1) is 0 Å². The van der Waals surface area contributed by atoms with Gasteiger partial charge in [-0.3, -0.25) is 4.99 Å². The monoisotopic (exact) mass is 431 g/mol. The Bertz CT molecular complexity index is 799. The van der Waals surface area contributed by atoms with Gasteiger partial charge in [0, 0.05) is 49.3 Å². The molecule has 1 saturated heterocycles. The van der Waals surface area contributed by atoms with Crippen LogP contribution in [-0.2, 0) is 19.5 Å². The fraction of sp³-hybridized carbons (Fsp3) is 0.526. The Morgan fingerprint density at radius 2 is 2.07 bits per heavy atom. The maximum Gasteiger partial charge on any atom is 0.191 e. The number of rotatable bonds is 4. The second-order valence-corrected chi connectivity index (χ2v) is 8.04. The van der Waals surface area contributed by atoms with E-state index >= 15 is 0 Å². The zero-order chi connectivity index (χ0) is 18.6. The number of hydrogen-bond donors (Lipinski definition) is 2. The average molecular weight is 432 g/mol. The lowest BCUT2D eigenvalue weighted by atomic mass is 10.2. The second-order valence-electron chi connectivity index (χ2n) is 7.12. The van der Waals surface area contributed by atoms with Crippen molar-refractivity contribution in [3.05, 3.63) is 40.4 Å². The number of aryl methyl sites for hydroxylation is 1. The van der Waals surface area contributed by atoms with E-state index in [9.17, 15) is 0 Å². The third-order valence-electron chi connectivity index (χ3n) is 5.29. The fourth-order valence-electron chi connectivity index (χ4n) is 3.81. The van der Waals surface area contributed by atoms with Crippen molar-refractivity contribution in [1.82, 2.24) is 25.4 Å². The van der Waals surface area contributed by atoms with E-state index in [1.54, 1.807) is 0 Å². The smallest absolute Gasteiger partial charge is 0.191 e. The van der Waals surface area contributed by atoms with Crippen molar-refractivity contribution in [3.63, 3.8) is 0 Å². The highest BCUT2D eigenvalue weighted by molar-refractivity contribution is 9.10. The Balaban J connectivity index is 1.31. The minimum absolute atomic E-state index is 0.382. The maximum absolute atomic E-state index is 4.38. The van der Waals surface area contributed by atoms with E-state index in [0.717, 1.165) is 54.6 Å². The van der Waals surface area contributed by atoms with Crippen LogP contribution in [-0.4, -0.2) is 46.9 Å². The van der Waals surface area contributed by atoms with Crippen LogP contribution >= 0.6 is 15.9 Å². The Labute approximate surface area is 168 Å². The highest BCUT2D eigenvalue weighted by Gasteiger charge is 2.23. The lowest BCUT2D eigenvalue weighted by Gasteiger charge is -2.21. The van der Waals surface area contributed by atoms with E-state index in [0.29, 0.717) is 12.6 Å². The molecule has 4 rings (SSSR count). The molecule has 8 heteroatoms.